The number of carbonyl (C=O) groups excluding carboxylic acids is 1. The molecule has 0 atom stereocenters. The highest BCUT2D eigenvalue weighted by molar-refractivity contribution is 9.10. The zero-order chi connectivity index (χ0) is 11.8. The van der Waals surface area contributed by atoms with Crippen molar-refractivity contribution in [1.29, 1.82) is 0 Å². The van der Waals surface area contributed by atoms with E-state index >= 15 is 0 Å². The quantitative estimate of drug-likeness (QED) is 0.815. The molecule has 1 amide bonds. The first-order valence-corrected chi connectivity index (χ1v) is 6.15. The Morgan fingerprint density at radius 2 is 2.00 bits per heavy atom. The second-order valence-corrected chi connectivity index (χ2v) is 4.33. The van der Waals surface area contributed by atoms with Gasteiger partial charge in [0.1, 0.15) is 0 Å². The fourth-order valence-electron chi connectivity index (χ4n) is 1.17. The summed E-state index contributed by atoms with van der Waals surface area (Å²) in [5, 5.41) is 2.81. The number of hydrogen-bond donors (Lipinski definition) is 1. The third-order valence-electron chi connectivity index (χ3n) is 1.95. The lowest BCUT2D eigenvalue weighted by molar-refractivity contribution is -0.117. The molecule has 1 aromatic rings. The normalized spacial score (nSPS) is 10.1. The predicted octanol–water partition coefficient (Wildman–Crippen LogP) is 3.20. The molecule has 0 aliphatic carbocycles. The van der Waals surface area contributed by atoms with Crippen LogP contribution in [0.2, 0.25) is 0 Å². The Labute approximate surface area is 104 Å². The Bertz CT molecular complexity index is 324. The number of amides is 1. The van der Waals surface area contributed by atoms with Crippen molar-refractivity contribution in [3.05, 3.63) is 28.7 Å². The van der Waals surface area contributed by atoms with Crippen LogP contribution in [0.5, 0.6) is 0 Å². The third kappa shape index (κ3) is 5.28. The summed E-state index contributed by atoms with van der Waals surface area (Å²) in [6, 6.07) is 7.50. The van der Waals surface area contributed by atoms with Gasteiger partial charge < -0.3 is 10.1 Å². The van der Waals surface area contributed by atoms with Gasteiger partial charge >= 0.3 is 0 Å². The van der Waals surface area contributed by atoms with Gasteiger partial charge in [0.05, 0.1) is 13.0 Å². The van der Waals surface area contributed by atoms with Crippen LogP contribution in [-0.4, -0.2) is 19.1 Å². The number of anilines is 1. The zero-order valence-electron chi connectivity index (χ0n) is 9.33. The molecule has 88 valence electrons. The molecule has 0 spiro atoms. The number of benzene rings is 1. The smallest absolute Gasteiger partial charge is 0.226 e. The van der Waals surface area contributed by atoms with Crippen molar-refractivity contribution >= 4 is 27.5 Å². The molecule has 1 rings (SSSR count). The molecule has 0 unspecified atom stereocenters. The molecule has 0 bridgehead atoms. The zero-order valence-corrected chi connectivity index (χ0v) is 10.9. The molecule has 0 saturated carbocycles. The van der Waals surface area contributed by atoms with Gasteiger partial charge in [0.2, 0.25) is 5.91 Å². The summed E-state index contributed by atoms with van der Waals surface area (Å²) in [6.45, 7) is 3.24. The molecule has 0 radical (unpaired) electrons. The first-order valence-electron chi connectivity index (χ1n) is 5.35. The largest absolute Gasteiger partial charge is 0.381 e. The molecule has 16 heavy (non-hydrogen) atoms. The van der Waals surface area contributed by atoms with Crippen molar-refractivity contribution in [3.63, 3.8) is 0 Å². The molecule has 0 saturated heterocycles. The average molecular weight is 286 g/mol. The fraction of sp³-hybridized carbons (Fsp3) is 0.417. The van der Waals surface area contributed by atoms with Crippen LogP contribution in [0.15, 0.2) is 28.7 Å². The summed E-state index contributed by atoms with van der Waals surface area (Å²) in [4.78, 5) is 11.5. The lowest BCUT2D eigenvalue weighted by Gasteiger charge is -2.05. The van der Waals surface area contributed by atoms with Gasteiger partial charge in [0, 0.05) is 16.8 Å². The second kappa shape index (κ2) is 7.41. The highest BCUT2D eigenvalue weighted by Gasteiger charge is 2.01. The van der Waals surface area contributed by atoms with E-state index in [0.717, 1.165) is 16.6 Å². The van der Waals surface area contributed by atoms with Crippen molar-refractivity contribution in [2.45, 2.75) is 19.8 Å². The van der Waals surface area contributed by atoms with E-state index in [4.69, 9.17) is 4.74 Å². The van der Waals surface area contributed by atoms with Crippen LogP contribution in [0.4, 0.5) is 5.69 Å². The van der Waals surface area contributed by atoms with Gasteiger partial charge in [-0.15, -0.1) is 0 Å². The van der Waals surface area contributed by atoms with Gasteiger partial charge in [-0.3, -0.25) is 4.79 Å². The highest BCUT2D eigenvalue weighted by Crippen LogP contribution is 2.14. The predicted molar refractivity (Wildman–Crippen MR) is 68.5 cm³/mol. The highest BCUT2D eigenvalue weighted by atomic mass is 79.9. The maximum absolute atomic E-state index is 11.5. The molecule has 1 N–H and O–H groups in total. The SMILES string of the molecule is CCCOCCC(=O)Nc1ccc(Br)cc1. The molecular formula is C12H16BrNO2. The van der Waals surface area contributed by atoms with E-state index in [0.29, 0.717) is 19.6 Å². The van der Waals surface area contributed by atoms with Gasteiger partial charge in [0.15, 0.2) is 0 Å². The van der Waals surface area contributed by atoms with Crippen molar-refractivity contribution in [2.24, 2.45) is 0 Å². The van der Waals surface area contributed by atoms with E-state index in [-0.39, 0.29) is 5.91 Å². The molecule has 0 aliphatic rings. The second-order valence-electron chi connectivity index (χ2n) is 3.42. The van der Waals surface area contributed by atoms with Gasteiger partial charge in [-0.2, -0.15) is 0 Å². The molecule has 0 aliphatic heterocycles. The summed E-state index contributed by atoms with van der Waals surface area (Å²) < 4.78 is 6.24. The molecule has 4 heteroatoms. The minimum Gasteiger partial charge on any atom is -0.381 e. The van der Waals surface area contributed by atoms with E-state index in [2.05, 4.69) is 21.2 Å². The van der Waals surface area contributed by atoms with Crippen molar-refractivity contribution in [3.8, 4) is 0 Å². The van der Waals surface area contributed by atoms with Crippen LogP contribution in [0.3, 0.4) is 0 Å². The van der Waals surface area contributed by atoms with Crippen LogP contribution < -0.4 is 5.32 Å². The number of rotatable bonds is 6. The Hall–Kier alpha value is -0.870. The average Bonchev–Trinajstić information content (AvgIpc) is 2.28. The molecule has 1 aromatic carbocycles. The molecular weight excluding hydrogens is 270 g/mol. The van der Waals surface area contributed by atoms with E-state index in [1.807, 2.05) is 31.2 Å². The molecule has 0 aromatic heterocycles. The van der Waals surface area contributed by atoms with Crippen molar-refractivity contribution in [2.75, 3.05) is 18.5 Å². The van der Waals surface area contributed by atoms with E-state index < -0.39 is 0 Å². The van der Waals surface area contributed by atoms with Gasteiger partial charge in [-0.25, -0.2) is 0 Å². The fourth-order valence-corrected chi connectivity index (χ4v) is 1.43. The molecule has 0 fully saturated rings. The summed E-state index contributed by atoms with van der Waals surface area (Å²) in [7, 11) is 0. The summed E-state index contributed by atoms with van der Waals surface area (Å²) in [5.41, 5.74) is 0.809. The lowest BCUT2D eigenvalue weighted by Crippen LogP contribution is -2.14. The van der Waals surface area contributed by atoms with Crippen molar-refractivity contribution in [1.82, 2.24) is 0 Å². The monoisotopic (exact) mass is 285 g/mol. The first-order chi connectivity index (χ1) is 7.72. The van der Waals surface area contributed by atoms with Crippen LogP contribution in [0.25, 0.3) is 0 Å². The van der Waals surface area contributed by atoms with Crippen LogP contribution in [0, 0.1) is 0 Å². The van der Waals surface area contributed by atoms with Crippen LogP contribution >= 0.6 is 15.9 Å². The summed E-state index contributed by atoms with van der Waals surface area (Å²) in [5.74, 6) is -0.0153. The minimum absolute atomic E-state index is 0.0153. The Balaban J connectivity index is 2.26. The number of nitrogens with one attached hydrogen (secondary N) is 1. The summed E-state index contributed by atoms with van der Waals surface area (Å²) in [6.07, 6.45) is 1.38. The number of carbonyl (C=O) groups is 1. The van der Waals surface area contributed by atoms with E-state index in [1.54, 1.807) is 0 Å². The van der Waals surface area contributed by atoms with Gasteiger partial charge in [-0.1, -0.05) is 22.9 Å². The third-order valence-corrected chi connectivity index (χ3v) is 2.48. The number of halogens is 1. The number of hydrogen-bond acceptors (Lipinski definition) is 2. The Morgan fingerprint density at radius 3 is 2.62 bits per heavy atom. The Morgan fingerprint density at radius 1 is 1.31 bits per heavy atom. The maximum Gasteiger partial charge on any atom is 0.226 e. The molecule has 0 heterocycles. The van der Waals surface area contributed by atoms with Gasteiger partial charge in [-0.05, 0) is 30.7 Å². The van der Waals surface area contributed by atoms with E-state index in [9.17, 15) is 4.79 Å². The maximum atomic E-state index is 11.5. The first kappa shape index (κ1) is 13.2. The molecule has 3 nitrogen and oxygen atoms in total. The van der Waals surface area contributed by atoms with Crippen LogP contribution in [0.1, 0.15) is 19.8 Å². The standard InChI is InChI=1S/C12H16BrNO2/c1-2-8-16-9-7-12(15)14-11-5-3-10(13)4-6-11/h3-6H,2,7-9H2,1H3,(H,14,15). The number of ether oxygens (including phenoxy) is 1. The van der Waals surface area contributed by atoms with Crippen molar-refractivity contribution < 1.29 is 9.53 Å². The topological polar surface area (TPSA) is 38.3 Å². The minimum atomic E-state index is -0.0153. The van der Waals surface area contributed by atoms with Gasteiger partial charge in [0.25, 0.3) is 0 Å². The van der Waals surface area contributed by atoms with Crippen LogP contribution in [-0.2, 0) is 9.53 Å². The summed E-state index contributed by atoms with van der Waals surface area (Å²) >= 11 is 3.34. The Kier molecular flexibility index (Phi) is 6.11. The van der Waals surface area contributed by atoms with E-state index in [1.165, 1.54) is 0 Å². The lowest BCUT2D eigenvalue weighted by atomic mass is 10.3.